The summed E-state index contributed by atoms with van der Waals surface area (Å²) in [7, 11) is 0. The number of hydrogen-bond donors (Lipinski definition) is 0. The topological polar surface area (TPSA) is 83.0 Å². The molecule has 0 aliphatic carbocycles. The summed E-state index contributed by atoms with van der Waals surface area (Å²) in [6, 6.07) is 5.85. The van der Waals surface area contributed by atoms with Crippen LogP contribution in [0.2, 0.25) is 17.7 Å². The van der Waals surface area contributed by atoms with E-state index in [0.717, 1.165) is 59.4 Å². The standard InChI is InChI=1S/C21H19BClN7/c1-13-7-19(28-30-11-14(2)26-21(13)30)18-9-17(23)16-8-15(10-25-20(16)27-18)29-5-3-22(12-24)4-6-29/h7-11H,3-6H2,1-2H3. The fraction of sp³-hybridized carbons (Fsp3) is 0.286. The number of imidazole rings is 1. The van der Waals surface area contributed by atoms with Gasteiger partial charge in [-0.05, 0) is 50.3 Å². The summed E-state index contributed by atoms with van der Waals surface area (Å²) in [5, 5.41) is 15.2. The molecule has 1 aliphatic heterocycles. The van der Waals surface area contributed by atoms with Gasteiger partial charge in [-0.15, -0.1) is 0 Å². The molecule has 1 fully saturated rings. The number of hydrogen-bond acceptors (Lipinski definition) is 6. The summed E-state index contributed by atoms with van der Waals surface area (Å²) < 4.78 is 1.78. The number of aromatic nitrogens is 5. The highest BCUT2D eigenvalue weighted by Gasteiger charge is 2.23. The molecule has 4 aromatic rings. The van der Waals surface area contributed by atoms with Gasteiger partial charge in [0.15, 0.2) is 11.3 Å². The highest BCUT2D eigenvalue weighted by molar-refractivity contribution is 6.67. The summed E-state index contributed by atoms with van der Waals surface area (Å²) >= 11 is 6.64. The Hall–Kier alpha value is -3.18. The van der Waals surface area contributed by atoms with Gasteiger partial charge in [0, 0.05) is 24.4 Å². The van der Waals surface area contributed by atoms with E-state index in [4.69, 9.17) is 21.8 Å². The molecule has 0 atom stereocenters. The van der Waals surface area contributed by atoms with Gasteiger partial charge in [0.25, 0.3) is 6.71 Å². The van der Waals surface area contributed by atoms with Crippen LogP contribution in [0.25, 0.3) is 28.1 Å². The van der Waals surface area contributed by atoms with Crippen LogP contribution >= 0.6 is 11.6 Å². The molecule has 5 heterocycles. The molecule has 0 spiro atoms. The van der Waals surface area contributed by atoms with Crippen molar-refractivity contribution < 1.29 is 0 Å². The Labute approximate surface area is 179 Å². The van der Waals surface area contributed by atoms with Crippen molar-refractivity contribution >= 4 is 40.7 Å². The van der Waals surface area contributed by atoms with Crippen molar-refractivity contribution in [2.75, 3.05) is 18.0 Å². The van der Waals surface area contributed by atoms with E-state index in [1.54, 1.807) is 4.52 Å². The van der Waals surface area contributed by atoms with E-state index in [-0.39, 0.29) is 6.71 Å². The van der Waals surface area contributed by atoms with E-state index in [9.17, 15) is 0 Å². The van der Waals surface area contributed by atoms with Crippen molar-refractivity contribution in [2.24, 2.45) is 0 Å². The monoisotopic (exact) mass is 415 g/mol. The molecule has 1 aliphatic rings. The smallest absolute Gasteiger partial charge is 0.271 e. The fourth-order valence-corrected chi connectivity index (χ4v) is 4.24. The second-order valence-corrected chi connectivity index (χ2v) is 8.21. The van der Waals surface area contributed by atoms with Gasteiger partial charge in [-0.1, -0.05) is 11.6 Å². The maximum absolute atomic E-state index is 9.11. The summed E-state index contributed by atoms with van der Waals surface area (Å²) in [5.41, 5.74) is 5.79. The molecule has 1 saturated heterocycles. The van der Waals surface area contributed by atoms with E-state index in [0.29, 0.717) is 16.4 Å². The van der Waals surface area contributed by atoms with Crippen molar-refractivity contribution in [1.29, 1.82) is 5.26 Å². The number of anilines is 1. The first-order valence-corrected chi connectivity index (χ1v) is 10.3. The summed E-state index contributed by atoms with van der Waals surface area (Å²) in [5.74, 6) is 2.37. The highest BCUT2D eigenvalue weighted by atomic mass is 35.5. The normalized spacial score (nSPS) is 14.5. The molecule has 0 radical (unpaired) electrons. The number of rotatable bonds is 2. The predicted molar refractivity (Wildman–Crippen MR) is 119 cm³/mol. The first-order chi connectivity index (χ1) is 14.5. The van der Waals surface area contributed by atoms with Gasteiger partial charge in [0.05, 0.1) is 34.5 Å². The van der Waals surface area contributed by atoms with Crippen LogP contribution in [-0.4, -0.2) is 44.4 Å². The molecule has 30 heavy (non-hydrogen) atoms. The molecule has 4 aromatic heterocycles. The molecule has 0 N–H and O–H groups in total. The Balaban J connectivity index is 1.53. The van der Waals surface area contributed by atoms with Gasteiger partial charge < -0.3 is 4.90 Å². The number of pyridine rings is 2. The fourth-order valence-electron chi connectivity index (χ4n) is 4.00. The second-order valence-electron chi connectivity index (χ2n) is 7.81. The Morgan fingerprint density at radius 2 is 1.90 bits per heavy atom. The van der Waals surface area contributed by atoms with E-state index in [1.165, 1.54) is 0 Å². The van der Waals surface area contributed by atoms with Crippen LogP contribution in [0.5, 0.6) is 0 Å². The Kier molecular flexibility index (Phi) is 4.56. The molecular formula is C21H19BClN7. The number of nitrogens with zero attached hydrogens (tertiary/aromatic N) is 7. The lowest BCUT2D eigenvalue weighted by atomic mass is 9.45. The van der Waals surface area contributed by atoms with Gasteiger partial charge in [0.2, 0.25) is 0 Å². The first kappa shape index (κ1) is 18.8. The molecule has 9 heteroatoms. The van der Waals surface area contributed by atoms with Crippen molar-refractivity contribution in [2.45, 2.75) is 26.5 Å². The molecule has 5 rings (SSSR count). The highest BCUT2D eigenvalue weighted by Crippen LogP contribution is 2.30. The summed E-state index contributed by atoms with van der Waals surface area (Å²) in [4.78, 5) is 16.1. The lowest BCUT2D eigenvalue weighted by Gasteiger charge is -2.29. The van der Waals surface area contributed by atoms with Gasteiger partial charge in [-0.2, -0.15) is 5.10 Å². The van der Waals surface area contributed by atoms with Crippen LogP contribution in [0.4, 0.5) is 5.69 Å². The van der Waals surface area contributed by atoms with Crippen LogP contribution in [0.1, 0.15) is 11.3 Å². The molecule has 148 valence electrons. The quantitative estimate of drug-likeness (QED) is 0.460. The van der Waals surface area contributed by atoms with Crippen LogP contribution in [0.3, 0.4) is 0 Å². The van der Waals surface area contributed by atoms with Gasteiger partial charge in [-0.25, -0.2) is 24.7 Å². The minimum atomic E-state index is 0.148. The third-order valence-electron chi connectivity index (χ3n) is 5.63. The lowest BCUT2D eigenvalue weighted by molar-refractivity contribution is 0.820. The zero-order valence-electron chi connectivity index (χ0n) is 16.8. The van der Waals surface area contributed by atoms with Crippen LogP contribution < -0.4 is 4.90 Å². The van der Waals surface area contributed by atoms with E-state index in [1.807, 2.05) is 44.4 Å². The number of halogens is 1. The molecule has 0 saturated carbocycles. The maximum Gasteiger partial charge on any atom is 0.271 e. The van der Waals surface area contributed by atoms with E-state index < -0.39 is 0 Å². The zero-order chi connectivity index (χ0) is 20.8. The lowest BCUT2D eigenvalue weighted by Crippen LogP contribution is -2.36. The third kappa shape index (κ3) is 3.25. The van der Waals surface area contributed by atoms with Gasteiger partial charge >= 0.3 is 0 Å². The van der Waals surface area contributed by atoms with Crippen molar-refractivity contribution in [1.82, 2.24) is 24.6 Å². The Bertz CT molecular complexity index is 1320. The molecular weight excluding hydrogens is 397 g/mol. The Morgan fingerprint density at radius 3 is 2.67 bits per heavy atom. The van der Waals surface area contributed by atoms with Crippen LogP contribution in [0.15, 0.2) is 30.6 Å². The van der Waals surface area contributed by atoms with Crippen molar-refractivity contribution in [3.8, 4) is 17.4 Å². The SMILES string of the molecule is Cc1cn2nc(-c3cc(Cl)c4cc(N5CCB(C#N)CC5)cnc4n3)cc(C)c2n1. The molecule has 0 aromatic carbocycles. The zero-order valence-corrected chi connectivity index (χ0v) is 17.6. The Morgan fingerprint density at radius 1 is 1.10 bits per heavy atom. The van der Waals surface area contributed by atoms with Crippen LogP contribution in [-0.2, 0) is 0 Å². The number of nitriles is 1. The average molecular weight is 416 g/mol. The van der Waals surface area contributed by atoms with Gasteiger partial charge in [0.1, 0.15) is 5.69 Å². The van der Waals surface area contributed by atoms with Gasteiger partial charge in [-0.3, -0.25) is 0 Å². The minimum Gasteiger partial charge on any atom is -0.372 e. The molecule has 0 amide bonds. The van der Waals surface area contributed by atoms with E-state index >= 15 is 0 Å². The average Bonchev–Trinajstić information content (AvgIpc) is 3.14. The minimum absolute atomic E-state index is 0.148. The first-order valence-electron chi connectivity index (χ1n) is 9.96. The third-order valence-corrected chi connectivity index (χ3v) is 5.95. The van der Waals surface area contributed by atoms with E-state index in [2.05, 4.69) is 25.9 Å². The number of aryl methyl sites for hydroxylation is 2. The van der Waals surface area contributed by atoms with Crippen molar-refractivity contribution in [3.05, 3.63) is 46.9 Å². The number of fused-ring (bicyclic) bond motifs is 2. The van der Waals surface area contributed by atoms with Crippen molar-refractivity contribution in [3.63, 3.8) is 0 Å². The summed E-state index contributed by atoms with van der Waals surface area (Å²) in [6.45, 7) is 5.80. The van der Waals surface area contributed by atoms with Crippen LogP contribution in [0, 0.1) is 25.1 Å². The molecule has 0 bridgehead atoms. The largest absolute Gasteiger partial charge is 0.372 e. The molecule has 7 nitrogen and oxygen atoms in total. The summed E-state index contributed by atoms with van der Waals surface area (Å²) in [6.07, 6.45) is 5.49. The molecule has 0 unspecified atom stereocenters. The predicted octanol–water partition coefficient (Wildman–Crippen LogP) is 3.99. The second kappa shape index (κ2) is 7.26. The maximum atomic E-state index is 9.11.